The number of rotatable bonds is 7. The summed E-state index contributed by atoms with van der Waals surface area (Å²) in [7, 11) is 0. The molecule has 1 aromatic carbocycles. The molecule has 25 heavy (non-hydrogen) atoms. The molecule has 3 aromatic rings. The molecule has 8 heteroatoms. The fourth-order valence-electron chi connectivity index (χ4n) is 2.47. The van der Waals surface area contributed by atoms with E-state index in [1.54, 1.807) is 6.20 Å². The molecule has 3 rings (SSSR count). The Hall–Kier alpha value is -2.06. The van der Waals surface area contributed by atoms with Crippen molar-refractivity contribution in [1.82, 2.24) is 9.38 Å². The zero-order valence-electron chi connectivity index (χ0n) is 13.8. The van der Waals surface area contributed by atoms with Crippen LogP contribution in [-0.4, -0.2) is 33.7 Å². The minimum atomic E-state index is -0.847. The van der Waals surface area contributed by atoms with E-state index < -0.39 is 5.97 Å². The number of nitrogens with zero attached hydrogens (tertiary/aromatic N) is 2. The number of thiazole rings is 1. The van der Waals surface area contributed by atoms with E-state index in [1.165, 1.54) is 11.3 Å². The summed E-state index contributed by atoms with van der Waals surface area (Å²) < 4.78 is 14.0. The molecule has 0 bridgehead atoms. The summed E-state index contributed by atoms with van der Waals surface area (Å²) in [6.45, 7) is 4.94. The fourth-order valence-corrected chi connectivity index (χ4v) is 3.95. The van der Waals surface area contributed by atoms with Gasteiger partial charge in [0.15, 0.2) is 16.5 Å². The molecule has 0 unspecified atom stereocenters. The first-order valence-corrected chi connectivity index (χ1v) is 9.41. The second-order valence-corrected chi connectivity index (χ2v) is 7.18. The van der Waals surface area contributed by atoms with Crippen molar-refractivity contribution in [1.29, 1.82) is 0 Å². The van der Waals surface area contributed by atoms with Gasteiger partial charge in [-0.05, 0) is 41.9 Å². The van der Waals surface area contributed by atoms with Crippen LogP contribution in [0.5, 0.6) is 11.5 Å². The standard InChI is InChI=1S/C17H17BrN2O4S/c1-3-23-14-6-11(12(18)7-15(14)24-4-2)13-9-20-8-10(5-16(21)22)25-17(20)19-13/h6-9H,3-5H2,1-2H3,(H,21,22). The fraction of sp³-hybridized carbons (Fsp3) is 0.294. The first-order valence-electron chi connectivity index (χ1n) is 7.80. The summed E-state index contributed by atoms with van der Waals surface area (Å²) in [5.41, 5.74) is 1.67. The van der Waals surface area contributed by atoms with Crippen LogP contribution >= 0.6 is 27.3 Å². The van der Waals surface area contributed by atoms with E-state index in [1.807, 2.05) is 36.6 Å². The average molecular weight is 425 g/mol. The molecule has 2 aromatic heterocycles. The third-order valence-corrected chi connectivity index (χ3v) is 5.09. The van der Waals surface area contributed by atoms with E-state index in [2.05, 4.69) is 20.9 Å². The van der Waals surface area contributed by atoms with Gasteiger partial charge in [0.25, 0.3) is 0 Å². The molecule has 132 valence electrons. The zero-order valence-corrected chi connectivity index (χ0v) is 16.2. The van der Waals surface area contributed by atoms with Gasteiger partial charge in [-0.3, -0.25) is 9.20 Å². The maximum atomic E-state index is 10.8. The summed E-state index contributed by atoms with van der Waals surface area (Å²) in [5.74, 6) is 0.510. The molecule has 0 radical (unpaired) electrons. The van der Waals surface area contributed by atoms with Gasteiger partial charge in [0.05, 0.1) is 25.3 Å². The largest absolute Gasteiger partial charge is 0.490 e. The van der Waals surface area contributed by atoms with Crippen molar-refractivity contribution >= 4 is 38.2 Å². The highest BCUT2D eigenvalue weighted by atomic mass is 79.9. The number of carbonyl (C=O) groups is 1. The van der Waals surface area contributed by atoms with Crippen LogP contribution in [-0.2, 0) is 11.2 Å². The SMILES string of the molecule is CCOc1cc(Br)c(-c2cn3cc(CC(=O)O)sc3n2)cc1OCC. The Kier molecular flexibility index (Phi) is 5.29. The van der Waals surface area contributed by atoms with Crippen molar-refractivity contribution in [2.75, 3.05) is 13.2 Å². The Labute approximate surface area is 157 Å². The van der Waals surface area contributed by atoms with Crippen LogP contribution in [0, 0.1) is 0 Å². The zero-order chi connectivity index (χ0) is 18.0. The molecule has 0 fully saturated rings. The summed E-state index contributed by atoms with van der Waals surface area (Å²) in [6, 6.07) is 3.79. The molecular weight excluding hydrogens is 408 g/mol. The van der Waals surface area contributed by atoms with Crippen molar-refractivity contribution in [2.24, 2.45) is 0 Å². The van der Waals surface area contributed by atoms with Crippen LogP contribution in [0.3, 0.4) is 0 Å². The van der Waals surface area contributed by atoms with Crippen LogP contribution < -0.4 is 9.47 Å². The number of imidazole rings is 1. The molecule has 0 atom stereocenters. The minimum Gasteiger partial charge on any atom is -0.490 e. The highest BCUT2D eigenvalue weighted by Crippen LogP contribution is 2.39. The Bertz CT molecular complexity index is 887. The number of carboxylic acid groups (broad SMARTS) is 1. The quantitative estimate of drug-likeness (QED) is 0.613. The third kappa shape index (κ3) is 3.80. The number of halogens is 1. The molecule has 0 aliphatic heterocycles. The van der Waals surface area contributed by atoms with Gasteiger partial charge in [0.1, 0.15) is 0 Å². The van der Waals surface area contributed by atoms with Crippen LogP contribution in [0.4, 0.5) is 0 Å². The van der Waals surface area contributed by atoms with E-state index in [4.69, 9.17) is 14.6 Å². The van der Waals surface area contributed by atoms with Crippen LogP contribution in [0.15, 0.2) is 29.0 Å². The topological polar surface area (TPSA) is 73.1 Å². The number of fused-ring (bicyclic) bond motifs is 1. The van der Waals surface area contributed by atoms with Crippen molar-refractivity contribution < 1.29 is 19.4 Å². The number of aromatic nitrogens is 2. The monoisotopic (exact) mass is 424 g/mol. The summed E-state index contributed by atoms with van der Waals surface area (Å²) in [4.78, 5) is 17.0. The Morgan fingerprint density at radius 1 is 1.24 bits per heavy atom. The number of aliphatic carboxylic acids is 1. The lowest BCUT2D eigenvalue weighted by Crippen LogP contribution is -1.99. The summed E-state index contributed by atoms with van der Waals surface area (Å²) in [6.07, 6.45) is 3.69. The first kappa shape index (κ1) is 17.8. The molecule has 6 nitrogen and oxygen atoms in total. The molecule has 0 saturated carbocycles. The number of carboxylic acids is 1. The Morgan fingerprint density at radius 3 is 2.52 bits per heavy atom. The second kappa shape index (κ2) is 7.45. The molecule has 0 aliphatic carbocycles. The third-order valence-electron chi connectivity index (χ3n) is 3.44. The summed E-state index contributed by atoms with van der Waals surface area (Å²) >= 11 is 4.95. The number of ether oxygens (including phenoxy) is 2. The van der Waals surface area contributed by atoms with E-state index in [0.717, 1.165) is 25.6 Å². The lowest BCUT2D eigenvalue weighted by atomic mass is 10.1. The molecule has 2 heterocycles. The van der Waals surface area contributed by atoms with Gasteiger partial charge in [-0.25, -0.2) is 4.98 Å². The van der Waals surface area contributed by atoms with Crippen molar-refractivity contribution in [3.63, 3.8) is 0 Å². The smallest absolute Gasteiger partial charge is 0.308 e. The minimum absolute atomic E-state index is 0.00456. The molecule has 0 saturated heterocycles. The van der Waals surface area contributed by atoms with Crippen molar-refractivity contribution in [3.05, 3.63) is 33.9 Å². The highest BCUT2D eigenvalue weighted by molar-refractivity contribution is 9.10. The lowest BCUT2D eigenvalue weighted by molar-refractivity contribution is -0.136. The van der Waals surface area contributed by atoms with E-state index >= 15 is 0 Å². The molecule has 0 spiro atoms. The summed E-state index contributed by atoms with van der Waals surface area (Å²) in [5, 5.41) is 8.89. The molecule has 0 amide bonds. The predicted octanol–water partition coefficient (Wildman–Crippen LogP) is 4.25. The van der Waals surface area contributed by atoms with Gasteiger partial charge >= 0.3 is 5.97 Å². The van der Waals surface area contributed by atoms with Gasteiger partial charge in [-0.2, -0.15) is 0 Å². The van der Waals surface area contributed by atoms with Crippen LogP contribution in [0.2, 0.25) is 0 Å². The highest BCUT2D eigenvalue weighted by Gasteiger charge is 2.16. The van der Waals surface area contributed by atoms with Gasteiger partial charge in [0, 0.05) is 27.3 Å². The van der Waals surface area contributed by atoms with Crippen LogP contribution in [0.1, 0.15) is 18.7 Å². The van der Waals surface area contributed by atoms with Gasteiger partial charge in [-0.1, -0.05) is 0 Å². The molecule has 1 N–H and O–H groups in total. The van der Waals surface area contributed by atoms with E-state index in [0.29, 0.717) is 24.7 Å². The van der Waals surface area contributed by atoms with Crippen molar-refractivity contribution in [3.8, 4) is 22.8 Å². The normalized spacial score (nSPS) is 11.0. The Morgan fingerprint density at radius 2 is 1.92 bits per heavy atom. The number of hydrogen-bond acceptors (Lipinski definition) is 5. The van der Waals surface area contributed by atoms with E-state index in [-0.39, 0.29) is 6.42 Å². The first-order chi connectivity index (χ1) is 12.0. The Balaban J connectivity index is 2.00. The maximum absolute atomic E-state index is 10.8. The van der Waals surface area contributed by atoms with E-state index in [9.17, 15) is 4.79 Å². The maximum Gasteiger partial charge on any atom is 0.308 e. The number of benzene rings is 1. The van der Waals surface area contributed by atoms with Gasteiger partial charge < -0.3 is 14.6 Å². The lowest BCUT2D eigenvalue weighted by Gasteiger charge is -2.13. The number of hydrogen-bond donors (Lipinski definition) is 1. The predicted molar refractivity (Wildman–Crippen MR) is 99.9 cm³/mol. The molecular formula is C17H17BrN2O4S. The average Bonchev–Trinajstić information content (AvgIpc) is 3.07. The second-order valence-electron chi connectivity index (χ2n) is 5.23. The van der Waals surface area contributed by atoms with Crippen molar-refractivity contribution in [2.45, 2.75) is 20.3 Å². The molecule has 0 aliphatic rings. The van der Waals surface area contributed by atoms with Crippen LogP contribution in [0.25, 0.3) is 16.2 Å². The van der Waals surface area contributed by atoms with Gasteiger partial charge in [-0.15, -0.1) is 11.3 Å². The van der Waals surface area contributed by atoms with Gasteiger partial charge in [0.2, 0.25) is 0 Å².